The van der Waals surface area contributed by atoms with Crippen molar-refractivity contribution >= 4 is 0 Å². The standard InChI is InChI=1S/C12H25N3/c1-15-7-5-11(6-8-15)14-12-4-2-3-10(12)9-13/h10-12,14H,2-9,13H2,1H3. The van der Waals surface area contributed by atoms with E-state index in [9.17, 15) is 0 Å². The van der Waals surface area contributed by atoms with Gasteiger partial charge in [-0.25, -0.2) is 0 Å². The van der Waals surface area contributed by atoms with Crippen molar-refractivity contribution in [2.45, 2.75) is 44.2 Å². The Bertz CT molecular complexity index is 187. The number of hydrogen-bond acceptors (Lipinski definition) is 3. The summed E-state index contributed by atoms with van der Waals surface area (Å²) < 4.78 is 0. The van der Waals surface area contributed by atoms with E-state index in [1.807, 2.05) is 0 Å². The molecule has 0 spiro atoms. The van der Waals surface area contributed by atoms with Crippen LogP contribution in [0.25, 0.3) is 0 Å². The summed E-state index contributed by atoms with van der Waals surface area (Å²) in [6, 6.07) is 1.46. The van der Waals surface area contributed by atoms with Gasteiger partial charge in [-0.05, 0) is 58.3 Å². The van der Waals surface area contributed by atoms with Crippen LogP contribution in [0, 0.1) is 5.92 Å². The molecule has 0 amide bonds. The lowest BCUT2D eigenvalue weighted by atomic mass is 9.99. The molecule has 88 valence electrons. The smallest absolute Gasteiger partial charge is 0.0110 e. The number of piperidine rings is 1. The molecule has 2 aliphatic rings. The summed E-state index contributed by atoms with van der Waals surface area (Å²) in [6.45, 7) is 3.36. The highest BCUT2D eigenvalue weighted by atomic mass is 15.1. The molecule has 0 radical (unpaired) electrons. The van der Waals surface area contributed by atoms with Crippen LogP contribution in [0.2, 0.25) is 0 Å². The second-order valence-corrected chi connectivity index (χ2v) is 5.28. The molecule has 2 atom stereocenters. The van der Waals surface area contributed by atoms with E-state index < -0.39 is 0 Å². The fourth-order valence-corrected chi connectivity index (χ4v) is 3.02. The number of nitrogens with two attached hydrogens (primary N) is 1. The maximum atomic E-state index is 5.80. The van der Waals surface area contributed by atoms with Gasteiger partial charge >= 0.3 is 0 Å². The first-order chi connectivity index (χ1) is 7.29. The molecule has 3 N–H and O–H groups in total. The minimum atomic E-state index is 0.711. The van der Waals surface area contributed by atoms with Gasteiger partial charge in [0.1, 0.15) is 0 Å². The lowest BCUT2D eigenvalue weighted by Gasteiger charge is -2.33. The summed E-state index contributed by atoms with van der Waals surface area (Å²) >= 11 is 0. The average Bonchev–Trinajstić information content (AvgIpc) is 2.69. The Morgan fingerprint density at radius 1 is 1.20 bits per heavy atom. The Labute approximate surface area is 93.4 Å². The quantitative estimate of drug-likeness (QED) is 0.725. The predicted molar refractivity (Wildman–Crippen MR) is 63.8 cm³/mol. The highest BCUT2D eigenvalue weighted by Crippen LogP contribution is 2.26. The van der Waals surface area contributed by atoms with Crippen molar-refractivity contribution in [3.05, 3.63) is 0 Å². The molecule has 1 heterocycles. The highest BCUT2D eigenvalue weighted by molar-refractivity contribution is 4.87. The first kappa shape index (κ1) is 11.4. The molecule has 2 rings (SSSR count). The number of hydrogen-bond donors (Lipinski definition) is 2. The zero-order valence-corrected chi connectivity index (χ0v) is 9.91. The van der Waals surface area contributed by atoms with E-state index in [4.69, 9.17) is 5.73 Å². The molecule has 3 nitrogen and oxygen atoms in total. The Hall–Kier alpha value is -0.120. The van der Waals surface area contributed by atoms with Crippen LogP contribution in [-0.4, -0.2) is 43.7 Å². The van der Waals surface area contributed by atoms with Gasteiger partial charge < -0.3 is 16.0 Å². The Balaban J connectivity index is 1.76. The van der Waals surface area contributed by atoms with Gasteiger partial charge in [0.2, 0.25) is 0 Å². The number of rotatable bonds is 3. The Kier molecular flexibility index (Phi) is 4.00. The third-order valence-electron chi connectivity index (χ3n) is 4.13. The van der Waals surface area contributed by atoms with Gasteiger partial charge in [0, 0.05) is 12.1 Å². The molecule has 1 aliphatic carbocycles. The van der Waals surface area contributed by atoms with Crippen molar-refractivity contribution in [1.29, 1.82) is 0 Å². The Morgan fingerprint density at radius 3 is 2.60 bits per heavy atom. The predicted octanol–water partition coefficient (Wildman–Crippen LogP) is 0.798. The lowest BCUT2D eigenvalue weighted by Crippen LogP contribution is -2.47. The van der Waals surface area contributed by atoms with Crippen molar-refractivity contribution in [1.82, 2.24) is 10.2 Å². The molecule has 0 bridgehead atoms. The minimum Gasteiger partial charge on any atom is -0.330 e. The fraction of sp³-hybridized carbons (Fsp3) is 1.00. The van der Waals surface area contributed by atoms with E-state index in [0.29, 0.717) is 6.04 Å². The van der Waals surface area contributed by atoms with E-state index in [1.54, 1.807) is 0 Å². The summed E-state index contributed by atoms with van der Waals surface area (Å²) in [5, 5.41) is 3.83. The zero-order valence-electron chi connectivity index (χ0n) is 9.91. The van der Waals surface area contributed by atoms with Gasteiger partial charge in [-0.15, -0.1) is 0 Å². The SMILES string of the molecule is CN1CCC(NC2CCCC2CN)CC1. The second-order valence-electron chi connectivity index (χ2n) is 5.28. The first-order valence-corrected chi connectivity index (χ1v) is 6.44. The summed E-state index contributed by atoms with van der Waals surface area (Å²) in [5.41, 5.74) is 5.80. The van der Waals surface area contributed by atoms with E-state index in [1.165, 1.54) is 45.2 Å². The molecular weight excluding hydrogens is 186 g/mol. The third-order valence-corrected chi connectivity index (χ3v) is 4.13. The average molecular weight is 211 g/mol. The topological polar surface area (TPSA) is 41.3 Å². The number of nitrogens with one attached hydrogen (secondary N) is 1. The van der Waals surface area contributed by atoms with E-state index in [-0.39, 0.29) is 0 Å². The molecule has 0 aromatic rings. The molecule has 2 unspecified atom stereocenters. The molecule has 1 saturated carbocycles. The number of nitrogens with zero attached hydrogens (tertiary/aromatic N) is 1. The first-order valence-electron chi connectivity index (χ1n) is 6.44. The zero-order chi connectivity index (χ0) is 10.7. The molecule has 15 heavy (non-hydrogen) atoms. The minimum absolute atomic E-state index is 0.711. The Morgan fingerprint density at radius 2 is 1.93 bits per heavy atom. The summed E-state index contributed by atoms with van der Waals surface area (Å²) in [4.78, 5) is 2.42. The largest absolute Gasteiger partial charge is 0.330 e. The van der Waals surface area contributed by atoms with Crippen LogP contribution in [0.15, 0.2) is 0 Å². The normalized spacial score (nSPS) is 34.8. The van der Waals surface area contributed by atoms with Crippen LogP contribution in [-0.2, 0) is 0 Å². The van der Waals surface area contributed by atoms with Crippen LogP contribution in [0.3, 0.4) is 0 Å². The third kappa shape index (κ3) is 2.92. The lowest BCUT2D eigenvalue weighted by molar-refractivity contribution is 0.216. The van der Waals surface area contributed by atoms with Crippen molar-refractivity contribution < 1.29 is 0 Å². The van der Waals surface area contributed by atoms with Gasteiger partial charge in [-0.3, -0.25) is 0 Å². The fourth-order valence-electron chi connectivity index (χ4n) is 3.02. The number of likely N-dealkylation sites (tertiary alicyclic amines) is 1. The summed E-state index contributed by atoms with van der Waals surface area (Å²) in [7, 11) is 2.22. The molecular formula is C12H25N3. The maximum absolute atomic E-state index is 5.80. The maximum Gasteiger partial charge on any atom is 0.0110 e. The summed E-state index contributed by atoms with van der Waals surface area (Å²) in [5.74, 6) is 0.740. The molecule has 0 aromatic heterocycles. The van der Waals surface area contributed by atoms with Crippen molar-refractivity contribution in [2.75, 3.05) is 26.7 Å². The molecule has 1 aliphatic heterocycles. The monoisotopic (exact) mass is 211 g/mol. The highest BCUT2D eigenvalue weighted by Gasteiger charge is 2.28. The van der Waals surface area contributed by atoms with Crippen LogP contribution >= 0.6 is 0 Å². The van der Waals surface area contributed by atoms with Crippen LogP contribution in [0.1, 0.15) is 32.1 Å². The molecule has 1 saturated heterocycles. The van der Waals surface area contributed by atoms with Gasteiger partial charge in [0.05, 0.1) is 0 Å². The second kappa shape index (κ2) is 5.28. The molecule has 0 aromatic carbocycles. The van der Waals surface area contributed by atoms with Gasteiger partial charge in [0.15, 0.2) is 0 Å². The summed E-state index contributed by atoms with van der Waals surface area (Å²) in [6.07, 6.45) is 6.66. The van der Waals surface area contributed by atoms with E-state index >= 15 is 0 Å². The molecule has 3 heteroatoms. The molecule has 2 fully saturated rings. The van der Waals surface area contributed by atoms with Gasteiger partial charge in [-0.2, -0.15) is 0 Å². The van der Waals surface area contributed by atoms with Crippen molar-refractivity contribution in [3.8, 4) is 0 Å². The van der Waals surface area contributed by atoms with Gasteiger partial charge in [0.25, 0.3) is 0 Å². The van der Waals surface area contributed by atoms with Crippen molar-refractivity contribution in [3.63, 3.8) is 0 Å². The van der Waals surface area contributed by atoms with E-state index in [2.05, 4.69) is 17.3 Å². The van der Waals surface area contributed by atoms with Crippen LogP contribution in [0.5, 0.6) is 0 Å². The van der Waals surface area contributed by atoms with Crippen LogP contribution < -0.4 is 11.1 Å². The van der Waals surface area contributed by atoms with Gasteiger partial charge in [-0.1, -0.05) is 6.42 Å². The van der Waals surface area contributed by atoms with Crippen LogP contribution in [0.4, 0.5) is 0 Å². The van der Waals surface area contributed by atoms with Crippen molar-refractivity contribution in [2.24, 2.45) is 11.7 Å². The van der Waals surface area contributed by atoms with E-state index in [0.717, 1.165) is 18.5 Å².